The van der Waals surface area contributed by atoms with Crippen molar-refractivity contribution in [2.75, 3.05) is 0 Å². The first-order valence-electron chi connectivity index (χ1n) is 6.34. The van der Waals surface area contributed by atoms with E-state index in [0.717, 1.165) is 11.1 Å². The number of benzene rings is 2. The van der Waals surface area contributed by atoms with Crippen molar-refractivity contribution in [3.05, 3.63) is 69.7 Å². The van der Waals surface area contributed by atoms with Crippen molar-refractivity contribution in [1.82, 2.24) is 5.32 Å². The second-order valence-corrected chi connectivity index (χ2v) is 5.06. The summed E-state index contributed by atoms with van der Waals surface area (Å²) in [5.41, 5.74) is 2.44. The molecule has 0 aliphatic carbocycles. The summed E-state index contributed by atoms with van der Waals surface area (Å²) in [5.74, 6) is -1.17. The number of hydrogen-bond donors (Lipinski definition) is 2. The normalized spacial score (nSPS) is 10.2. The molecule has 0 radical (unpaired) electrons. The SMILES string of the molecule is Cc1cc(C(=O)NCc2ccc(C(=O)O)cc2)ccc1Cl. The predicted molar refractivity (Wildman–Crippen MR) is 80.8 cm³/mol. The van der Waals surface area contributed by atoms with Gasteiger partial charge in [0.25, 0.3) is 5.91 Å². The molecule has 0 unspecified atom stereocenters. The lowest BCUT2D eigenvalue weighted by atomic mass is 10.1. The molecule has 2 rings (SSSR count). The third-order valence-corrected chi connectivity index (χ3v) is 3.50. The number of carbonyl (C=O) groups is 2. The monoisotopic (exact) mass is 303 g/mol. The second-order valence-electron chi connectivity index (χ2n) is 4.65. The molecule has 21 heavy (non-hydrogen) atoms. The number of carboxylic acid groups (broad SMARTS) is 1. The quantitative estimate of drug-likeness (QED) is 0.911. The lowest BCUT2D eigenvalue weighted by Crippen LogP contribution is -2.22. The van der Waals surface area contributed by atoms with Crippen LogP contribution in [-0.4, -0.2) is 17.0 Å². The summed E-state index contributed by atoms with van der Waals surface area (Å²) in [6, 6.07) is 11.5. The van der Waals surface area contributed by atoms with E-state index in [4.69, 9.17) is 16.7 Å². The third-order valence-electron chi connectivity index (χ3n) is 3.07. The van der Waals surface area contributed by atoms with Crippen molar-refractivity contribution in [2.24, 2.45) is 0 Å². The van der Waals surface area contributed by atoms with Crippen LogP contribution in [0, 0.1) is 6.92 Å². The summed E-state index contributed by atoms with van der Waals surface area (Å²) >= 11 is 5.92. The highest BCUT2D eigenvalue weighted by Gasteiger charge is 2.07. The number of aromatic carboxylic acids is 1. The van der Waals surface area contributed by atoms with Gasteiger partial charge in [-0.15, -0.1) is 0 Å². The highest BCUT2D eigenvalue weighted by molar-refractivity contribution is 6.31. The zero-order valence-corrected chi connectivity index (χ0v) is 12.1. The number of nitrogens with one attached hydrogen (secondary N) is 1. The first-order chi connectivity index (χ1) is 9.97. The molecule has 0 aliphatic rings. The lowest BCUT2D eigenvalue weighted by molar-refractivity contribution is 0.0696. The van der Waals surface area contributed by atoms with E-state index < -0.39 is 5.97 Å². The third kappa shape index (κ3) is 3.83. The van der Waals surface area contributed by atoms with Gasteiger partial charge < -0.3 is 10.4 Å². The summed E-state index contributed by atoms with van der Waals surface area (Å²) in [6.07, 6.45) is 0. The van der Waals surface area contributed by atoms with Gasteiger partial charge in [0.2, 0.25) is 0 Å². The Morgan fingerprint density at radius 3 is 2.29 bits per heavy atom. The first kappa shape index (κ1) is 15.1. The van der Waals surface area contributed by atoms with Gasteiger partial charge in [-0.1, -0.05) is 23.7 Å². The number of halogens is 1. The van der Waals surface area contributed by atoms with Gasteiger partial charge >= 0.3 is 5.97 Å². The van der Waals surface area contributed by atoms with Crippen LogP contribution in [-0.2, 0) is 6.54 Å². The Hall–Kier alpha value is -2.33. The van der Waals surface area contributed by atoms with Gasteiger partial charge in [-0.25, -0.2) is 4.79 Å². The fourth-order valence-electron chi connectivity index (χ4n) is 1.84. The fourth-order valence-corrected chi connectivity index (χ4v) is 1.95. The van der Waals surface area contributed by atoms with Crippen molar-refractivity contribution < 1.29 is 14.7 Å². The maximum atomic E-state index is 12.0. The van der Waals surface area contributed by atoms with Crippen molar-refractivity contribution in [1.29, 1.82) is 0 Å². The Labute approximate surface area is 127 Å². The van der Waals surface area contributed by atoms with Gasteiger partial charge in [-0.2, -0.15) is 0 Å². The zero-order chi connectivity index (χ0) is 15.4. The van der Waals surface area contributed by atoms with Crippen molar-refractivity contribution in [3.63, 3.8) is 0 Å². The van der Waals surface area contributed by atoms with Gasteiger partial charge in [-0.3, -0.25) is 4.79 Å². The number of carbonyl (C=O) groups excluding carboxylic acids is 1. The molecule has 0 aliphatic heterocycles. The van der Waals surface area contributed by atoms with Crippen LogP contribution < -0.4 is 5.32 Å². The molecule has 0 aromatic heterocycles. The van der Waals surface area contributed by atoms with Crippen LogP contribution in [0.5, 0.6) is 0 Å². The van der Waals surface area contributed by atoms with Crippen LogP contribution >= 0.6 is 11.6 Å². The molecule has 2 aromatic rings. The lowest BCUT2D eigenvalue weighted by Gasteiger charge is -2.07. The summed E-state index contributed by atoms with van der Waals surface area (Å²) in [5, 5.41) is 12.2. The van der Waals surface area contributed by atoms with Crippen LogP contribution in [0.2, 0.25) is 5.02 Å². The summed E-state index contributed by atoms with van der Waals surface area (Å²) < 4.78 is 0. The molecule has 2 aromatic carbocycles. The van der Waals surface area contributed by atoms with Crippen LogP contribution in [0.3, 0.4) is 0 Å². The highest BCUT2D eigenvalue weighted by atomic mass is 35.5. The van der Waals surface area contributed by atoms with Crippen molar-refractivity contribution in [2.45, 2.75) is 13.5 Å². The van der Waals surface area contributed by atoms with Gasteiger partial charge in [0.1, 0.15) is 0 Å². The van der Waals surface area contributed by atoms with Crippen molar-refractivity contribution >= 4 is 23.5 Å². The molecule has 0 bridgehead atoms. The smallest absolute Gasteiger partial charge is 0.335 e. The first-order valence-corrected chi connectivity index (χ1v) is 6.72. The minimum Gasteiger partial charge on any atom is -0.478 e. The Kier molecular flexibility index (Phi) is 4.60. The molecule has 108 valence electrons. The highest BCUT2D eigenvalue weighted by Crippen LogP contribution is 2.16. The van der Waals surface area contributed by atoms with Crippen LogP contribution in [0.1, 0.15) is 31.8 Å². The topological polar surface area (TPSA) is 66.4 Å². The van der Waals surface area contributed by atoms with E-state index >= 15 is 0 Å². The number of carboxylic acids is 1. The van der Waals surface area contributed by atoms with Crippen LogP contribution in [0.4, 0.5) is 0 Å². The second kappa shape index (κ2) is 6.41. The molecule has 0 spiro atoms. The van der Waals surface area contributed by atoms with E-state index in [9.17, 15) is 9.59 Å². The molecule has 1 amide bonds. The van der Waals surface area contributed by atoms with E-state index in [1.54, 1.807) is 30.3 Å². The fraction of sp³-hybridized carbons (Fsp3) is 0.125. The molecule has 0 fully saturated rings. The molecule has 5 heteroatoms. The van der Waals surface area contributed by atoms with E-state index in [2.05, 4.69) is 5.32 Å². The Morgan fingerprint density at radius 2 is 1.71 bits per heavy atom. The molecular weight excluding hydrogens is 290 g/mol. The molecule has 0 atom stereocenters. The molecular formula is C16H14ClNO3. The van der Waals surface area contributed by atoms with E-state index in [-0.39, 0.29) is 11.5 Å². The average molecular weight is 304 g/mol. The number of amides is 1. The molecule has 0 heterocycles. The summed E-state index contributed by atoms with van der Waals surface area (Å²) in [6.45, 7) is 2.17. The van der Waals surface area contributed by atoms with Gasteiger partial charge in [0.05, 0.1) is 5.56 Å². The minimum absolute atomic E-state index is 0.197. The summed E-state index contributed by atoms with van der Waals surface area (Å²) in [7, 11) is 0. The number of rotatable bonds is 4. The summed E-state index contributed by atoms with van der Waals surface area (Å²) in [4.78, 5) is 22.8. The molecule has 0 saturated heterocycles. The molecule has 4 nitrogen and oxygen atoms in total. The number of hydrogen-bond acceptors (Lipinski definition) is 2. The molecule has 0 saturated carbocycles. The van der Waals surface area contributed by atoms with Gasteiger partial charge in [-0.05, 0) is 48.4 Å². The predicted octanol–water partition coefficient (Wildman–Crippen LogP) is 3.28. The molecule has 2 N–H and O–H groups in total. The van der Waals surface area contributed by atoms with E-state index in [1.807, 2.05) is 6.92 Å². The maximum Gasteiger partial charge on any atom is 0.335 e. The largest absolute Gasteiger partial charge is 0.478 e. The Bertz CT molecular complexity index is 680. The standard InChI is InChI=1S/C16H14ClNO3/c1-10-8-13(6-7-14(10)17)15(19)18-9-11-2-4-12(5-3-11)16(20)21/h2-8H,9H2,1H3,(H,18,19)(H,20,21). The number of aryl methyl sites for hydroxylation is 1. The van der Waals surface area contributed by atoms with Gasteiger partial charge in [0.15, 0.2) is 0 Å². The van der Waals surface area contributed by atoms with Crippen molar-refractivity contribution in [3.8, 4) is 0 Å². The van der Waals surface area contributed by atoms with E-state index in [1.165, 1.54) is 12.1 Å². The van der Waals surface area contributed by atoms with Gasteiger partial charge in [0, 0.05) is 17.1 Å². The van der Waals surface area contributed by atoms with E-state index in [0.29, 0.717) is 17.1 Å². The average Bonchev–Trinajstić information content (AvgIpc) is 2.48. The Balaban J connectivity index is 2.00. The van der Waals surface area contributed by atoms with Crippen LogP contribution in [0.25, 0.3) is 0 Å². The maximum absolute atomic E-state index is 12.0. The zero-order valence-electron chi connectivity index (χ0n) is 11.4. The Morgan fingerprint density at radius 1 is 1.10 bits per heavy atom. The minimum atomic E-state index is -0.970. The van der Waals surface area contributed by atoms with Crippen LogP contribution in [0.15, 0.2) is 42.5 Å².